The second kappa shape index (κ2) is 6.62. The summed E-state index contributed by atoms with van der Waals surface area (Å²) in [5.41, 5.74) is 3.74. The zero-order valence-corrected chi connectivity index (χ0v) is 17.1. The lowest BCUT2D eigenvalue weighted by Crippen LogP contribution is -2.15. The normalized spacial score (nSPS) is 33.7. The van der Waals surface area contributed by atoms with Gasteiger partial charge in [-0.15, -0.1) is 0 Å². The number of rotatable bonds is 6. The summed E-state index contributed by atoms with van der Waals surface area (Å²) in [7, 11) is 0. The molecule has 0 spiro atoms. The highest BCUT2D eigenvalue weighted by Gasteiger charge is 2.41. The second-order valence-corrected chi connectivity index (χ2v) is 10.2. The van der Waals surface area contributed by atoms with Crippen LogP contribution in [0.3, 0.4) is 0 Å². The standard InChI is InChI=1S/C28H30O/c1-5-25(6-2-21(1)17-27-13-9-23(19-27)10-14-27)29-26-7-3-22(4-8-26)18-28-15-11-24(20-28)12-16-28/h1-9,11,13,15,23-24H,10,12,14,16-20H2. The van der Waals surface area contributed by atoms with E-state index in [0.29, 0.717) is 10.8 Å². The maximum absolute atomic E-state index is 6.12. The molecule has 2 fully saturated rings. The van der Waals surface area contributed by atoms with Crippen molar-refractivity contribution in [3.05, 3.63) is 84.0 Å². The summed E-state index contributed by atoms with van der Waals surface area (Å²) in [5, 5.41) is 0. The third-order valence-corrected chi connectivity index (χ3v) is 8.00. The molecule has 0 amide bonds. The summed E-state index contributed by atoms with van der Waals surface area (Å²) in [4.78, 5) is 0. The number of allylic oxidation sites excluding steroid dienone is 4. The molecule has 4 bridgehead atoms. The van der Waals surface area contributed by atoms with Crippen LogP contribution in [-0.4, -0.2) is 0 Å². The largest absolute Gasteiger partial charge is 0.457 e. The molecule has 1 nitrogen and oxygen atoms in total. The molecule has 6 rings (SSSR count). The molecule has 29 heavy (non-hydrogen) atoms. The molecule has 0 heterocycles. The smallest absolute Gasteiger partial charge is 0.127 e. The van der Waals surface area contributed by atoms with E-state index < -0.39 is 0 Å². The second-order valence-electron chi connectivity index (χ2n) is 10.2. The lowest BCUT2D eigenvalue weighted by molar-refractivity contribution is 0.400. The van der Waals surface area contributed by atoms with E-state index >= 15 is 0 Å². The maximum atomic E-state index is 6.12. The Balaban J connectivity index is 1.09. The molecule has 4 atom stereocenters. The molecule has 4 aliphatic rings. The molecular weight excluding hydrogens is 352 g/mol. The zero-order valence-electron chi connectivity index (χ0n) is 17.1. The first-order chi connectivity index (χ1) is 14.2. The summed E-state index contributed by atoms with van der Waals surface area (Å²) < 4.78 is 6.12. The number of hydrogen-bond acceptors (Lipinski definition) is 1. The lowest BCUT2D eigenvalue weighted by Gasteiger charge is -2.23. The van der Waals surface area contributed by atoms with Crippen molar-refractivity contribution >= 4 is 0 Å². The number of benzene rings is 2. The minimum absolute atomic E-state index is 0.441. The molecule has 2 aromatic rings. The van der Waals surface area contributed by atoms with Crippen LogP contribution in [0.5, 0.6) is 11.5 Å². The Kier molecular flexibility index (Phi) is 4.01. The Morgan fingerprint density at radius 3 is 1.41 bits per heavy atom. The van der Waals surface area contributed by atoms with Crippen molar-refractivity contribution in [1.29, 1.82) is 0 Å². The molecular formula is C28H30O. The summed E-state index contributed by atoms with van der Waals surface area (Å²) in [6, 6.07) is 17.5. The van der Waals surface area contributed by atoms with Crippen LogP contribution in [0.15, 0.2) is 72.8 Å². The highest BCUT2D eigenvalue weighted by Crippen LogP contribution is 2.52. The molecule has 2 saturated carbocycles. The third-order valence-electron chi connectivity index (χ3n) is 8.00. The predicted octanol–water partition coefficient (Wildman–Crippen LogP) is 7.28. The van der Waals surface area contributed by atoms with E-state index in [1.807, 2.05) is 0 Å². The van der Waals surface area contributed by atoms with Crippen molar-refractivity contribution in [2.24, 2.45) is 22.7 Å². The minimum atomic E-state index is 0.441. The monoisotopic (exact) mass is 382 g/mol. The van der Waals surface area contributed by atoms with Crippen LogP contribution < -0.4 is 4.74 Å². The molecule has 1 heteroatoms. The number of ether oxygens (including phenoxy) is 1. The average molecular weight is 383 g/mol. The van der Waals surface area contributed by atoms with Gasteiger partial charge in [0.2, 0.25) is 0 Å². The maximum Gasteiger partial charge on any atom is 0.127 e. The van der Waals surface area contributed by atoms with Crippen LogP contribution in [0, 0.1) is 22.7 Å². The van der Waals surface area contributed by atoms with Gasteiger partial charge in [-0.05, 0) is 109 Å². The van der Waals surface area contributed by atoms with E-state index in [-0.39, 0.29) is 0 Å². The van der Waals surface area contributed by atoms with Gasteiger partial charge in [0.15, 0.2) is 0 Å². The predicted molar refractivity (Wildman–Crippen MR) is 118 cm³/mol. The van der Waals surface area contributed by atoms with Gasteiger partial charge >= 0.3 is 0 Å². The molecule has 0 aromatic heterocycles. The van der Waals surface area contributed by atoms with E-state index in [9.17, 15) is 0 Å². The molecule has 0 radical (unpaired) electrons. The first kappa shape index (κ1) is 17.6. The summed E-state index contributed by atoms with van der Waals surface area (Å²) in [5.74, 6) is 3.56. The molecule has 4 aliphatic carbocycles. The minimum Gasteiger partial charge on any atom is -0.457 e. The topological polar surface area (TPSA) is 9.23 Å². The van der Waals surface area contributed by atoms with Gasteiger partial charge in [-0.1, -0.05) is 48.6 Å². The Labute approximate surface area is 174 Å². The zero-order chi connectivity index (χ0) is 19.3. The van der Waals surface area contributed by atoms with Gasteiger partial charge in [0.25, 0.3) is 0 Å². The molecule has 0 N–H and O–H groups in total. The van der Waals surface area contributed by atoms with Crippen LogP contribution in [0.25, 0.3) is 0 Å². The Morgan fingerprint density at radius 2 is 1.10 bits per heavy atom. The van der Waals surface area contributed by atoms with E-state index in [1.54, 1.807) is 0 Å². The van der Waals surface area contributed by atoms with Crippen LogP contribution in [0.4, 0.5) is 0 Å². The Bertz CT molecular complexity index is 871. The highest BCUT2D eigenvalue weighted by atomic mass is 16.5. The van der Waals surface area contributed by atoms with Crippen LogP contribution in [0.1, 0.15) is 49.7 Å². The van der Waals surface area contributed by atoms with Crippen molar-refractivity contribution in [2.75, 3.05) is 0 Å². The Morgan fingerprint density at radius 1 is 0.655 bits per heavy atom. The van der Waals surface area contributed by atoms with E-state index in [0.717, 1.165) is 23.3 Å². The summed E-state index contributed by atoms with van der Waals surface area (Å²) >= 11 is 0. The quantitative estimate of drug-likeness (QED) is 0.477. The van der Waals surface area contributed by atoms with Gasteiger partial charge in [0.05, 0.1) is 0 Å². The lowest BCUT2D eigenvalue weighted by atomic mass is 9.81. The van der Waals surface area contributed by atoms with Gasteiger partial charge in [0.1, 0.15) is 11.5 Å². The van der Waals surface area contributed by atoms with Gasteiger partial charge in [-0.25, -0.2) is 0 Å². The van der Waals surface area contributed by atoms with Crippen molar-refractivity contribution in [3.8, 4) is 11.5 Å². The first-order valence-electron chi connectivity index (χ1n) is 11.4. The fraction of sp³-hybridized carbons (Fsp3) is 0.429. The van der Waals surface area contributed by atoms with E-state index in [2.05, 4.69) is 72.8 Å². The molecule has 0 saturated heterocycles. The summed E-state index contributed by atoms with van der Waals surface area (Å²) in [6.45, 7) is 0. The fourth-order valence-corrected chi connectivity index (χ4v) is 6.45. The van der Waals surface area contributed by atoms with E-state index in [4.69, 9.17) is 4.74 Å². The highest BCUT2D eigenvalue weighted by molar-refractivity contribution is 5.36. The van der Waals surface area contributed by atoms with Crippen molar-refractivity contribution in [2.45, 2.75) is 51.4 Å². The SMILES string of the molecule is C1=CC2(Cc3ccc(Oc4ccc(CC56C=CC(CC5)C6)cc4)cc3)CCC1C2. The first-order valence-corrected chi connectivity index (χ1v) is 11.4. The van der Waals surface area contributed by atoms with Crippen LogP contribution >= 0.6 is 0 Å². The molecule has 148 valence electrons. The average Bonchev–Trinajstić information content (AvgIpc) is 3.52. The van der Waals surface area contributed by atoms with Gasteiger partial charge in [-0.2, -0.15) is 0 Å². The van der Waals surface area contributed by atoms with Crippen molar-refractivity contribution in [1.82, 2.24) is 0 Å². The number of fused-ring (bicyclic) bond motifs is 4. The fourth-order valence-electron chi connectivity index (χ4n) is 6.45. The van der Waals surface area contributed by atoms with Crippen LogP contribution in [0.2, 0.25) is 0 Å². The van der Waals surface area contributed by atoms with Gasteiger partial charge in [-0.3, -0.25) is 0 Å². The third kappa shape index (κ3) is 3.35. The van der Waals surface area contributed by atoms with Crippen LogP contribution in [-0.2, 0) is 12.8 Å². The van der Waals surface area contributed by atoms with Gasteiger partial charge < -0.3 is 4.74 Å². The molecule has 2 aromatic carbocycles. The summed E-state index contributed by atoms with van der Waals surface area (Å²) in [6.07, 6.45) is 20.4. The molecule has 0 aliphatic heterocycles. The van der Waals surface area contributed by atoms with Crippen molar-refractivity contribution in [3.63, 3.8) is 0 Å². The van der Waals surface area contributed by atoms with E-state index in [1.165, 1.54) is 62.5 Å². The number of hydrogen-bond donors (Lipinski definition) is 0. The Hall–Kier alpha value is -2.28. The van der Waals surface area contributed by atoms with Crippen molar-refractivity contribution < 1.29 is 4.74 Å². The van der Waals surface area contributed by atoms with Gasteiger partial charge in [0, 0.05) is 0 Å². The molecule has 4 unspecified atom stereocenters.